The zero-order chi connectivity index (χ0) is 11.4. The lowest BCUT2D eigenvalue weighted by Crippen LogP contribution is -2.40. The summed E-state index contributed by atoms with van der Waals surface area (Å²) >= 11 is 0. The van der Waals surface area contributed by atoms with E-state index in [1.54, 1.807) is 0 Å². The summed E-state index contributed by atoms with van der Waals surface area (Å²) in [4.78, 5) is 0. The van der Waals surface area contributed by atoms with Crippen molar-refractivity contribution in [3.63, 3.8) is 0 Å². The van der Waals surface area contributed by atoms with Gasteiger partial charge in [0.1, 0.15) is 0 Å². The minimum absolute atomic E-state index is 0.618. The number of nitrogens with zero attached hydrogens (tertiary/aromatic N) is 3. The van der Waals surface area contributed by atoms with Gasteiger partial charge in [0.05, 0.1) is 6.54 Å². The van der Waals surface area contributed by atoms with E-state index in [0.717, 1.165) is 24.2 Å². The number of rotatable bonds is 4. The van der Waals surface area contributed by atoms with Crippen molar-refractivity contribution in [2.24, 2.45) is 11.8 Å². The van der Waals surface area contributed by atoms with Crippen molar-refractivity contribution in [2.45, 2.75) is 52.1 Å². The van der Waals surface area contributed by atoms with E-state index in [1.165, 1.54) is 25.7 Å². The van der Waals surface area contributed by atoms with E-state index in [0.29, 0.717) is 6.04 Å². The van der Waals surface area contributed by atoms with E-state index >= 15 is 0 Å². The Morgan fingerprint density at radius 3 is 2.88 bits per heavy atom. The number of H-pyrrole nitrogens is 1. The molecule has 0 bridgehead atoms. The van der Waals surface area contributed by atoms with Crippen LogP contribution in [0.5, 0.6) is 0 Å². The Bertz CT molecular complexity index is 295. The van der Waals surface area contributed by atoms with Crippen LogP contribution in [0.4, 0.5) is 0 Å². The van der Waals surface area contributed by atoms with Crippen molar-refractivity contribution in [2.75, 3.05) is 0 Å². The molecule has 0 radical (unpaired) electrons. The maximum absolute atomic E-state index is 3.96. The summed E-state index contributed by atoms with van der Waals surface area (Å²) in [6.45, 7) is 5.36. The summed E-state index contributed by atoms with van der Waals surface area (Å²) < 4.78 is 0. The highest BCUT2D eigenvalue weighted by Crippen LogP contribution is 2.30. The molecule has 1 aliphatic carbocycles. The molecular weight excluding hydrogens is 202 g/mol. The third kappa shape index (κ3) is 2.78. The minimum Gasteiger partial charge on any atom is -0.307 e. The number of tetrazole rings is 1. The summed E-state index contributed by atoms with van der Waals surface area (Å²) in [7, 11) is 0. The molecule has 0 aromatic carbocycles. The smallest absolute Gasteiger partial charge is 0.188 e. The summed E-state index contributed by atoms with van der Waals surface area (Å²) in [5.41, 5.74) is 0. The van der Waals surface area contributed by atoms with Crippen molar-refractivity contribution >= 4 is 0 Å². The van der Waals surface area contributed by atoms with Gasteiger partial charge in [0.25, 0.3) is 0 Å². The molecule has 90 valence electrons. The largest absolute Gasteiger partial charge is 0.307 e. The SMILES string of the molecule is CC(C)C1CCCCC1NCc1nn[nH]n1. The molecule has 0 spiro atoms. The number of nitrogens with one attached hydrogen (secondary N) is 2. The van der Waals surface area contributed by atoms with Crippen LogP contribution in [0.15, 0.2) is 0 Å². The molecule has 1 aromatic rings. The van der Waals surface area contributed by atoms with E-state index in [2.05, 4.69) is 39.8 Å². The molecule has 5 nitrogen and oxygen atoms in total. The van der Waals surface area contributed by atoms with Gasteiger partial charge in [-0.25, -0.2) is 0 Å². The van der Waals surface area contributed by atoms with Gasteiger partial charge >= 0.3 is 0 Å². The Hall–Kier alpha value is -0.970. The number of hydrogen-bond donors (Lipinski definition) is 2. The number of aromatic amines is 1. The van der Waals surface area contributed by atoms with Crippen LogP contribution in [0.2, 0.25) is 0 Å². The first-order chi connectivity index (χ1) is 7.77. The van der Waals surface area contributed by atoms with Crippen molar-refractivity contribution in [3.8, 4) is 0 Å². The molecule has 2 rings (SSSR count). The lowest BCUT2D eigenvalue weighted by Gasteiger charge is -2.34. The van der Waals surface area contributed by atoms with Crippen LogP contribution >= 0.6 is 0 Å². The second-order valence-electron chi connectivity index (χ2n) is 5.01. The summed E-state index contributed by atoms with van der Waals surface area (Å²) in [6.07, 6.45) is 5.35. The Morgan fingerprint density at radius 1 is 1.38 bits per heavy atom. The van der Waals surface area contributed by atoms with Crippen molar-refractivity contribution < 1.29 is 0 Å². The van der Waals surface area contributed by atoms with Crippen LogP contribution < -0.4 is 5.32 Å². The summed E-state index contributed by atoms with van der Waals surface area (Å²) in [5.74, 6) is 2.30. The molecule has 1 saturated carbocycles. The normalized spacial score (nSPS) is 26.2. The standard InChI is InChI=1S/C11H21N5/c1-8(2)9-5-3-4-6-10(9)12-7-11-13-15-16-14-11/h8-10,12H,3-7H2,1-2H3,(H,13,14,15,16). The molecule has 1 heterocycles. The molecule has 0 aliphatic heterocycles. The van der Waals surface area contributed by atoms with Crippen molar-refractivity contribution in [1.82, 2.24) is 25.9 Å². The number of aromatic nitrogens is 4. The predicted molar refractivity (Wildman–Crippen MR) is 61.6 cm³/mol. The zero-order valence-electron chi connectivity index (χ0n) is 10.1. The van der Waals surface area contributed by atoms with Gasteiger partial charge in [0.2, 0.25) is 0 Å². The van der Waals surface area contributed by atoms with Crippen molar-refractivity contribution in [3.05, 3.63) is 5.82 Å². The average molecular weight is 223 g/mol. The monoisotopic (exact) mass is 223 g/mol. The Labute approximate surface area is 96.4 Å². The molecule has 2 N–H and O–H groups in total. The quantitative estimate of drug-likeness (QED) is 0.812. The van der Waals surface area contributed by atoms with Crippen LogP contribution in [-0.2, 0) is 6.54 Å². The van der Waals surface area contributed by atoms with Crippen LogP contribution in [-0.4, -0.2) is 26.7 Å². The van der Waals surface area contributed by atoms with E-state index in [9.17, 15) is 0 Å². The predicted octanol–water partition coefficient (Wildman–Crippen LogP) is 1.50. The Balaban J connectivity index is 1.86. The Morgan fingerprint density at radius 2 is 2.19 bits per heavy atom. The fraction of sp³-hybridized carbons (Fsp3) is 0.909. The Kier molecular flexibility index (Phi) is 3.88. The molecule has 1 aliphatic rings. The molecule has 2 unspecified atom stereocenters. The first-order valence-electron chi connectivity index (χ1n) is 6.23. The second kappa shape index (κ2) is 5.39. The fourth-order valence-corrected chi connectivity index (χ4v) is 2.69. The van der Waals surface area contributed by atoms with Crippen molar-refractivity contribution in [1.29, 1.82) is 0 Å². The van der Waals surface area contributed by atoms with Crippen LogP contribution in [0.25, 0.3) is 0 Å². The summed E-state index contributed by atoms with van der Waals surface area (Å²) in [6, 6.07) is 0.618. The molecule has 1 fully saturated rings. The fourth-order valence-electron chi connectivity index (χ4n) is 2.69. The number of hydrogen-bond acceptors (Lipinski definition) is 4. The highest BCUT2D eigenvalue weighted by molar-refractivity contribution is 4.85. The molecular formula is C11H21N5. The molecule has 5 heteroatoms. The van der Waals surface area contributed by atoms with Crippen LogP contribution in [0.1, 0.15) is 45.4 Å². The van der Waals surface area contributed by atoms with Gasteiger partial charge in [-0.15, -0.1) is 10.2 Å². The lowest BCUT2D eigenvalue weighted by atomic mass is 9.78. The van der Waals surface area contributed by atoms with Crippen LogP contribution in [0, 0.1) is 11.8 Å². The van der Waals surface area contributed by atoms with E-state index in [4.69, 9.17) is 0 Å². The van der Waals surface area contributed by atoms with Gasteiger partial charge in [-0.1, -0.05) is 31.9 Å². The van der Waals surface area contributed by atoms with E-state index in [-0.39, 0.29) is 0 Å². The molecule has 1 aromatic heterocycles. The zero-order valence-corrected chi connectivity index (χ0v) is 10.1. The molecule has 0 saturated heterocycles. The van der Waals surface area contributed by atoms with Gasteiger partial charge in [0.15, 0.2) is 5.82 Å². The first kappa shape index (κ1) is 11.5. The second-order valence-corrected chi connectivity index (χ2v) is 5.01. The highest BCUT2D eigenvalue weighted by Gasteiger charge is 2.27. The topological polar surface area (TPSA) is 66.5 Å². The van der Waals surface area contributed by atoms with Gasteiger partial charge in [-0.3, -0.25) is 0 Å². The maximum atomic E-state index is 3.96. The van der Waals surface area contributed by atoms with E-state index in [1.807, 2.05) is 0 Å². The van der Waals surface area contributed by atoms with Gasteiger partial charge in [0, 0.05) is 6.04 Å². The molecule has 0 amide bonds. The third-order valence-electron chi connectivity index (χ3n) is 3.59. The van der Waals surface area contributed by atoms with Gasteiger partial charge in [-0.2, -0.15) is 5.21 Å². The highest BCUT2D eigenvalue weighted by atomic mass is 15.5. The lowest BCUT2D eigenvalue weighted by molar-refractivity contribution is 0.204. The average Bonchev–Trinajstić information content (AvgIpc) is 2.79. The van der Waals surface area contributed by atoms with Gasteiger partial charge in [-0.05, 0) is 24.7 Å². The first-order valence-corrected chi connectivity index (χ1v) is 6.23. The van der Waals surface area contributed by atoms with Gasteiger partial charge < -0.3 is 5.32 Å². The third-order valence-corrected chi connectivity index (χ3v) is 3.59. The molecule has 2 atom stereocenters. The van der Waals surface area contributed by atoms with Crippen LogP contribution in [0.3, 0.4) is 0 Å². The minimum atomic E-state index is 0.618. The van der Waals surface area contributed by atoms with E-state index < -0.39 is 0 Å². The molecule has 16 heavy (non-hydrogen) atoms. The maximum Gasteiger partial charge on any atom is 0.188 e. The summed E-state index contributed by atoms with van der Waals surface area (Å²) in [5, 5.41) is 17.5.